The predicted octanol–water partition coefficient (Wildman–Crippen LogP) is 1.99. The highest BCUT2D eigenvalue weighted by Crippen LogP contribution is 2.75. The Morgan fingerprint density at radius 2 is 1.92 bits per heavy atom. The summed E-state index contributed by atoms with van der Waals surface area (Å²) in [7, 11) is 1.48. The van der Waals surface area contributed by atoms with E-state index in [-0.39, 0.29) is 11.9 Å². The summed E-state index contributed by atoms with van der Waals surface area (Å²) in [6, 6.07) is 0. The largest absolute Gasteiger partial charge is 0.469 e. The Labute approximate surface area is 73.3 Å². The molecule has 2 aliphatic carbocycles. The lowest BCUT2D eigenvalue weighted by atomic mass is 9.68. The average molecular weight is 168 g/mol. The molecule has 2 saturated carbocycles. The molecule has 0 aromatic rings. The van der Waals surface area contributed by atoms with Gasteiger partial charge in [-0.2, -0.15) is 0 Å². The minimum Gasteiger partial charge on any atom is -0.469 e. The number of methoxy groups -OCH3 is 1. The molecule has 0 amide bonds. The van der Waals surface area contributed by atoms with Crippen LogP contribution in [0, 0.1) is 16.7 Å². The molecule has 2 fully saturated rings. The quantitative estimate of drug-likeness (QED) is 0.560. The first-order valence-corrected chi connectivity index (χ1v) is 4.59. The second-order valence-electron chi connectivity index (χ2n) is 4.97. The van der Waals surface area contributed by atoms with Gasteiger partial charge >= 0.3 is 5.97 Å². The molecule has 0 unspecified atom stereocenters. The molecule has 0 heterocycles. The lowest BCUT2D eigenvalue weighted by Gasteiger charge is -2.36. The molecular weight excluding hydrogens is 152 g/mol. The van der Waals surface area contributed by atoms with Crippen LogP contribution in [0.2, 0.25) is 0 Å². The van der Waals surface area contributed by atoms with E-state index in [1.165, 1.54) is 13.5 Å². The number of esters is 1. The molecule has 12 heavy (non-hydrogen) atoms. The highest BCUT2D eigenvalue weighted by atomic mass is 16.5. The summed E-state index contributed by atoms with van der Waals surface area (Å²) in [5.74, 6) is 0.195. The topological polar surface area (TPSA) is 26.3 Å². The Morgan fingerprint density at radius 3 is 2.25 bits per heavy atom. The highest BCUT2D eigenvalue weighted by molar-refractivity contribution is 5.74. The van der Waals surface area contributed by atoms with Crippen LogP contribution in [-0.2, 0) is 9.53 Å². The van der Waals surface area contributed by atoms with E-state index >= 15 is 0 Å². The van der Waals surface area contributed by atoms with Crippen molar-refractivity contribution in [1.29, 1.82) is 0 Å². The zero-order valence-electron chi connectivity index (χ0n) is 8.02. The normalized spacial score (nSPS) is 42.1. The fourth-order valence-corrected chi connectivity index (χ4v) is 2.72. The highest BCUT2D eigenvalue weighted by Gasteiger charge is 2.68. The van der Waals surface area contributed by atoms with Crippen molar-refractivity contribution in [2.45, 2.75) is 33.1 Å². The first-order valence-electron chi connectivity index (χ1n) is 4.59. The third-order valence-corrected chi connectivity index (χ3v) is 3.90. The van der Waals surface area contributed by atoms with Crippen molar-refractivity contribution < 1.29 is 9.53 Å². The van der Waals surface area contributed by atoms with Crippen LogP contribution >= 0.6 is 0 Å². The van der Waals surface area contributed by atoms with Gasteiger partial charge in [-0.1, -0.05) is 13.8 Å². The van der Waals surface area contributed by atoms with Gasteiger partial charge in [-0.3, -0.25) is 4.79 Å². The lowest BCUT2D eigenvalue weighted by Crippen LogP contribution is -2.35. The summed E-state index contributed by atoms with van der Waals surface area (Å²) >= 11 is 0. The van der Waals surface area contributed by atoms with Gasteiger partial charge in [0.25, 0.3) is 0 Å². The van der Waals surface area contributed by atoms with E-state index in [0.29, 0.717) is 10.8 Å². The molecule has 1 spiro atoms. The fraction of sp³-hybridized carbons (Fsp3) is 0.900. The van der Waals surface area contributed by atoms with Gasteiger partial charge in [-0.25, -0.2) is 0 Å². The maximum absolute atomic E-state index is 11.1. The average Bonchev–Trinajstić information content (AvgIpc) is 2.49. The molecule has 0 aliphatic heterocycles. The summed E-state index contributed by atoms with van der Waals surface area (Å²) in [4.78, 5) is 11.1. The Kier molecular flexibility index (Phi) is 1.37. The molecule has 2 heteroatoms. The van der Waals surface area contributed by atoms with Crippen molar-refractivity contribution in [1.82, 2.24) is 0 Å². The van der Waals surface area contributed by atoms with Gasteiger partial charge in [0.15, 0.2) is 0 Å². The van der Waals surface area contributed by atoms with Gasteiger partial charge in [0, 0.05) is 0 Å². The summed E-state index contributed by atoms with van der Waals surface area (Å²) in [5, 5.41) is 0. The van der Waals surface area contributed by atoms with Crippen LogP contribution in [0.1, 0.15) is 33.1 Å². The third kappa shape index (κ3) is 0.838. The minimum atomic E-state index is -0.0108. The van der Waals surface area contributed by atoms with E-state index in [9.17, 15) is 4.79 Å². The standard InChI is InChI=1S/C10H16O2/c1-9(2)6-10(9)4-7(5-10)8(11)12-3/h7H,4-6H2,1-3H3. The number of rotatable bonds is 1. The Hall–Kier alpha value is -0.530. The van der Waals surface area contributed by atoms with Gasteiger partial charge in [0.05, 0.1) is 13.0 Å². The molecule has 2 aliphatic rings. The van der Waals surface area contributed by atoms with Crippen molar-refractivity contribution in [3.8, 4) is 0 Å². The lowest BCUT2D eigenvalue weighted by molar-refractivity contribution is -0.151. The first kappa shape index (κ1) is 8.09. The molecule has 0 aromatic carbocycles. The van der Waals surface area contributed by atoms with E-state index in [2.05, 4.69) is 13.8 Å². The monoisotopic (exact) mass is 168 g/mol. The fourth-order valence-electron chi connectivity index (χ4n) is 2.72. The van der Waals surface area contributed by atoms with Crippen molar-refractivity contribution in [2.75, 3.05) is 7.11 Å². The van der Waals surface area contributed by atoms with E-state index in [4.69, 9.17) is 4.74 Å². The second kappa shape index (κ2) is 2.04. The summed E-state index contributed by atoms with van der Waals surface area (Å²) in [6.45, 7) is 4.58. The summed E-state index contributed by atoms with van der Waals surface area (Å²) in [5.41, 5.74) is 1.02. The van der Waals surface area contributed by atoms with Gasteiger partial charge in [-0.05, 0) is 30.1 Å². The summed E-state index contributed by atoms with van der Waals surface area (Å²) < 4.78 is 4.70. The van der Waals surface area contributed by atoms with Crippen LogP contribution in [0.3, 0.4) is 0 Å². The van der Waals surface area contributed by atoms with E-state index < -0.39 is 0 Å². The van der Waals surface area contributed by atoms with Crippen molar-refractivity contribution >= 4 is 5.97 Å². The van der Waals surface area contributed by atoms with Crippen molar-refractivity contribution in [3.05, 3.63) is 0 Å². The number of hydrogen-bond acceptors (Lipinski definition) is 2. The molecule has 0 atom stereocenters. The molecule has 0 radical (unpaired) electrons. The van der Waals surface area contributed by atoms with E-state index in [0.717, 1.165) is 12.8 Å². The predicted molar refractivity (Wildman–Crippen MR) is 45.6 cm³/mol. The van der Waals surface area contributed by atoms with Gasteiger partial charge in [0.2, 0.25) is 0 Å². The van der Waals surface area contributed by atoms with E-state index in [1.54, 1.807) is 0 Å². The SMILES string of the molecule is COC(=O)C1CC2(C1)CC2(C)C. The Morgan fingerprint density at radius 1 is 1.42 bits per heavy atom. The maximum Gasteiger partial charge on any atom is 0.308 e. The summed E-state index contributed by atoms with van der Waals surface area (Å²) in [6.07, 6.45) is 3.42. The van der Waals surface area contributed by atoms with Crippen LogP contribution < -0.4 is 0 Å². The molecule has 0 aromatic heterocycles. The van der Waals surface area contributed by atoms with Crippen molar-refractivity contribution in [2.24, 2.45) is 16.7 Å². The maximum atomic E-state index is 11.1. The number of carbonyl (C=O) groups is 1. The molecule has 0 bridgehead atoms. The minimum absolute atomic E-state index is 0.0108. The molecule has 0 N–H and O–H groups in total. The molecule has 0 saturated heterocycles. The van der Waals surface area contributed by atoms with Gasteiger partial charge in [-0.15, -0.1) is 0 Å². The number of ether oxygens (including phenoxy) is 1. The Bertz CT molecular complexity index is 224. The molecular formula is C10H16O2. The second-order valence-corrected chi connectivity index (χ2v) is 4.97. The van der Waals surface area contributed by atoms with Crippen LogP contribution in [0.4, 0.5) is 0 Å². The van der Waals surface area contributed by atoms with Gasteiger partial charge < -0.3 is 4.74 Å². The number of carbonyl (C=O) groups excluding carboxylic acids is 1. The molecule has 68 valence electrons. The first-order chi connectivity index (χ1) is 5.51. The van der Waals surface area contributed by atoms with E-state index in [1.807, 2.05) is 0 Å². The van der Waals surface area contributed by atoms with Crippen LogP contribution in [0.15, 0.2) is 0 Å². The van der Waals surface area contributed by atoms with Crippen LogP contribution in [-0.4, -0.2) is 13.1 Å². The van der Waals surface area contributed by atoms with Crippen LogP contribution in [0.5, 0.6) is 0 Å². The van der Waals surface area contributed by atoms with Crippen LogP contribution in [0.25, 0.3) is 0 Å². The number of hydrogen-bond donors (Lipinski definition) is 0. The van der Waals surface area contributed by atoms with Crippen molar-refractivity contribution in [3.63, 3.8) is 0 Å². The van der Waals surface area contributed by atoms with Gasteiger partial charge in [0.1, 0.15) is 0 Å². The third-order valence-electron chi connectivity index (χ3n) is 3.90. The smallest absolute Gasteiger partial charge is 0.308 e. The molecule has 2 rings (SSSR count). The zero-order chi connectivity index (χ0) is 8.98. The Balaban J connectivity index is 1.90. The zero-order valence-corrected chi connectivity index (χ0v) is 8.02. The molecule has 2 nitrogen and oxygen atoms in total.